The fraction of sp³-hybridized carbons (Fsp3) is 0.154. The van der Waals surface area contributed by atoms with Crippen LogP contribution in [0.2, 0.25) is 0 Å². The maximum atomic E-state index is 13.3. The van der Waals surface area contributed by atoms with Crippen LogP contribution in [-0.2, 0) is 9.59 Å². The SMILES string of the molecule is COc1ccc(OC)c(/C(O)=C2\C(=O)C(=O)N(c3cccc(OC(F)(F)F)c3)C2c2ccc(O)cc2)c1. The Labute approximate surface area is 208 Å². The normalized spacial score (nSPS) is 17.1. The Balaban J connectivity index is 1.94. The maximum Gasteiger partial charge on any atom is 0.573 e. The highest BCUT2D eigenvalue weighted by Crippen LogP contribution is 2.44. The molecular weight excluding hydrogens is 495 g/mol. The Bertz CT molecular complexity index is 1380. The minimum absolute atomic E-state index is 0.0535. The largest absolute Gasteiger partial charge is 0.573 e. The molecule has 2 N–H and O–H groups in total. The first-order valence-electron chi connectivity index (χ1n) is 10.7. The first kappa shape index (κ1) is 25.4. The first-order valence-corrected chi connectivity index (χ1v) is 10.7. The van der Waals surface area contributed by atoms with E-state index in [2.05, 4.69) is 4.74 Å². The van der Waals surface area contributed by atoms with Gasteiger partial charge in [-0.15, -0.1) is 13.2 Å². The number of Topliss-reactive ketones (excluding diaryl/α,β-unsaturated/α-hetero) is 1. The zero-order valence-electron chi connectivity index (χ0n) is 19.4. The van der Waals surface area contributed by atoms with Gasteiger partial charge < -0.3 is 24.4 Å². The van der Waals surface area contributed by atoms with Crippen LogP contribution in [0.5, 0.6) is 23.0 Å². The number of hydrogen-bond acceptors (Lipinski definition) is 7. The van der Waals surface area contributed by atoms with Crippen molar-refractivity contribution in [2.45, 2.75) is 12.4 Å². The van der Waals surface area contributed by atoms with E-state index in [1.807, 2.05) is 0 Å². The molecule has 1 fully saturated rings. The predicted molar refractivity (Wildman–Crippen MR) is 126 cm³/mol. The summed E-state index contributed by atoms with van der Waals surface area (Å²) in [4.78, 5) is 27.5. The molecule has 0 saturated carbocycles. The summed E-state index contributed by atoms with van der Waals surface area (Å²) in [5.41, 5.74) is -0.0803. The third kappa shape index (κ3) is 5.01. The number of phenols is 1. The number of phenolic OH excluding ortho intramolecular Hbond substituents is 1. The number of benzene rings is 3. The molecule has 1 unspecified atom stereocenters. The molecule has 3 aromatic carbocycles. The number of rotatable bonds is 6. The number of aliphatic hydroxyl groups is 1. The van der Waals surface area contributed by atoms with Gasteiger partial charge in [0.05, 0.1) is 31.4 Å². The summed E-state index contributed by atoms with van der Waals surface area (Å²) in [7, 11) is 2.75. The molecule has 1 aliphatic rings. The molecule has 0 radical (unpaired) electrons. The van der Waals surface area contributed by atoms with E-state index in [1.54, 1.807) is 6.07 Å². The summed E-state index contributed by atoms with van der Waals surface area (Å²) in [6.45, 7) is 0. The number of aliphatic hydroxyl groups excluding tert-OH is 1. The minimum atomic E-state index is -4.98. The van der Waals surface area contributed by atoms with Crippen molar-refractivity contribution in [3.05, 3.63) is 83.4 Å². The number of amides is 1. The van der Waals surface area contributed by atoms with Gasteiger partial charge in [-0.25, -0.2) is 0 Å². The van der Waals surface area contributed by atoms with E-state index < -0.39 is 35.6 Å². The summed E-state index contributed by atoms with van der Waals surface area (Å²) >= 11 is 0. The van der Waals surface area contributed by atoms with Crippen molar-refractivity contribution < 1.29 is 47.2 Å². The average molecular weight is 515 g/mol. The van der Waals surface area contributed by atoms with Gasteiger partial charge in [-0.3, -0.25) is 14.5 Å². The molecule has 37 heavy (non-hydrogen) atoms. The molecule has 192 valence electrons. The Morgan fingerprint density at radius 1 is 0.919 bits per heavy atom. The Kier molecular flexibility index (Phi) is 6.71. The zero-order valence-corrected chi connectivity index (χ0v) is 19.4. The van der Waals surface area contributed by atoms with Crippen LogP contribution in [-0.4, -0.2) is 42.5 Å². The highest BCUT2D eigenvalue weighted by Gasteiger charge is 2.47. The second-order valence-electron chi connectivity index (χ2n) is 7.87. The monoisotopic (exact) mass is 515 g/mol. The number of carbonyl (C=O) groups is 2. The van der Waals surface area contributed by atoms with Crippen molar-refractivity contribution in [1.29, 1.82) is 0 Å². The Hall–Kier alpha value is -4.67. The third-order valence-electron chi connectivity index (χ3n) is 5.64. The smallest absolute Gasteiger partial charge is 0.508 e. The number of ether oxygens (including phenoxy) is 3. The number of carbonyl (C=O) groups excluding carboxylic acids is 2. The molecule has 1 saturated heterocycles. The minimum Gasteiger partial charge on any atom is -0.508 e. The number of aromatic hydroxyl groups is 1. The first-order chi connectivity index (χ1) is 17.5. The second-order valence-corrected chi connectivity index (χ2v) is 7.87. The van der Waals surface area contributed by atoms with Gasteiger partial charge in [-0.1, -0.05) is 18.2 Å². The van der Waals surface area contributed by atoms with E-state index >= 15 is 0 Å². The van der Waals surface area contributed by atoms with Gasteiger partial charge in [0.15, 0.2) is 0 Å². The van der Waals surface area contributed by atoms with Crippen LogP contribution in [0.3, 0.4) is 0 Å². The molecule has 0 bridgehead atoms. The maximum absolute atomic E-state index is 13.3. The van der Waals surface area contributed by atoms with Crippen LogP contribution in [0.15, 0.2) is 72.3 Å². The molecule has 4 rings (SSSR count). The van der Waals surface area contributed by atoms with E-state index in [0.29, 0.717) is 11.3 Å². The summed E-state index contributed by atoms with van der Waals surface area (Å²) in [5, 5.41) is 21.1. The molecule has 1 atom stereocenters. The molecule has 3 aromatic rings. The van der Waals surface area contributed by atoms with E-state index in [0.717, 1.165) is 17.0 Å². The van der Waals surface area contributed by atoms with Gasteiger partial charge in [-0.2, -0.15) is 0 Å². The summed E-state index contributed by atoms with van der Waals surface area (Å²) in [6, 6.07) is 13.2. The number of hydrogen-bond donors (Lipinski definition) is 2. The molecule has 8 nitrogen and oxygen atoms in total. The Morgan fingerprint density at radius 3 is 2.24 bits per heavy atom. The van der Waals surface area contributed by atoms with E-state index in [1.165, 1.54) is 62.8 Å². The standard InChI is InChI=1S/C26H20F3NO7/c1-35-17-10-11-20(36-2)19(13-17)23(32)21-22(14-6-8-16(31)9-7-14)30(25(34)24(21)33)15-4-3-5-18(12-15)37-26(27,28)29/h3-13,22,31-32H,1-2H3/b23-21+. The van der Waals surface area contributed by atoms with E-state index in [-0.39, 0.29) is 28.3 Å². The van der Waals surface area contributed by atoms with Crippen LogP contribution < -0.4 is 19.1 Å². The van der Waals surface area contributed by atoms with Crippen LogP contribution in [0.4, 0.5) is 18.9 Å². The fourth-order valence-corrected chi connectivity index (χ4v) is 4.05. The molecule has 11 heteroatoms. The van der Waals surface area contributed by atoms with E-state index in [9.17, 15) is 33.0 Å². The Morgan fingerprint density at radius 2 is 1.62 bits per heavy atom. The van der Waals surface area contributed by atoms with Gasteiger partial charge in [0.25, 0.3) is 11.7 Å². The number of anilines is 1. The number of alkyl halides is 3. The lowest BCUT2D eigenvalue weighted by atomic mass is 9.94. The highest BCUT2D eigenvalue weighted by atomic mass is 19.4. The lowest BCUT2D eigenvalue weighted by Crippen LogP contribution is -2.29. The van der Waals surface area contributed by atoms with Crippen LogP contribution in [0.1, 0.15) is 17.2 Å². The highest BCUT2D eigenvalue weighted by molar-refractivity contribution is 6.51. The lowest BCUT2D eigenvalue weighted by Gasteiger charge is -2.26. The third-order valence-corrected chi connectivity index (χ3v) is 5.64. The second kappa shape index (κ2) is 9.76. The summed E-state index contributed by atoms with van der Waals surface area (Å²) in [5.74, 6) is -2.96. The topological polar surface area (TPSA) is 106 Å². The molecule has 0 aliphatic carbocycles. The van der Waals surface area contributed by atoms with Gasteiger partial charge in [0, 0.05) is 11.8 Å². The van der Waals surface area contributed by atoms with Gasteiger partial charge in [-0.05, 0) is 48.0 Å². The average Bonchev–Trinajstić information content (AvgIpc) is 3.13. The molecule has 0 spiro atoms. The number of nitrogens with zero attached hydrogens (tertiary/aromatic N) is 1. The lowest BCUT2D eigenvalue weighted by molar-refractivity contribution is -0.274. The van der Waals surface area contributed by atoms with Crippen LogP contribution in [0.25, 0.3) is 5.76 Å². The van der Waals surface area contributed by atoms with Crippen molar-refractivity contribution in [3.63, 3.8) is 0 Å². The fourth-order valence-electron chi connectivity index (χ4n) is 4.05. The molecule has 0 aromatic heterocycles. The van der Waals surface area contributed by atoms with Crippen molar-refractivity contribution >= 4 is 23.1 Å². The molecule has 1 aliphatic heterocycles. The zero-order chi connectivity index (χ0) is 26.9. The van der Waals surface area contributed by atoms with Crippen LogP contribution in [0, 0.1) is 0 Å². The van der Waals surface area contributed by atoms with Crippen molar-refractivity contribution in [3.8, 4) is 23.0 Å². The predicted octanol–water partition coefficient (Wildman–Crippen LogP) is 4.93. The molecule has 1 heterocycles. The van der Waals surface area contributed by atoms with Gasteiger partial charge in [0.2, 0.25) is 0 Å². The van der Waals surface area contributed by atoms with Crippen LogP contribution >= 0.6 is 0 Å². The van der Waals surface area contributed by atoms with E-state index in [4.69, 9.17) is 9.47 Å². The summed E-state index contributed by atoms with van der Waals surface area (Å²) < 4.78 is 52.9. The molecule has 1 amide bonds. The summed E-state index contributed by atoms with van der Waals surface area (Å²) in [6.07, 6.45) is -4.98. The quantitative estimate of drug-likeness (QED) is 0.272. The van der Waals surface area contributed by atoms with Crippen molar-refractivity contribution in [2.24, 2.45) is 0 Å². The molecular formula is C26H20F3NO7. The van der Waals surface area contributed by atoms with Gasteiger partial charge in [0.1, 0.15) is 28.8 Å². The van der Waals surface area contributed by atoms with Gasteiger partial charge >= 0.3 is 6.36 Å². The number of ketones is 1. The number of halogens is 3. The number of methoxy groups -OCH3 is 2. The van der Waals surface area contributed by atoms with Crippen molar-refractivity contribution in [1.82, 2.24) is 0 Å². The van der Waals surface area contributed by atoms with Crippen molar-refractivity contribution in [2.75, 3.05) is 19.1 Å².